The third kappa shape index (κ3) is 4.35. The van der Waals surface area contributed by atoms with Crippen molar-refractivity contribution in [3.05, 3.63) is 63.9 Å². The van der Waals surface area contributed by atoms with Crippen LogP contribution < -0.4 is 10.9 Å². The van der Waals surface area contributed by atoms with Crippen molar-refractivity contribution in [1.82, 2.24) is 0 Å². The van der Waals surface area contributed by atoms with Gasteiger partial charge in [0.05, 0.1) is 6.61 Å². The number of ether oxygens (including phenoxy) is 2. The highest BCUT2D eigenvalue weighted by molar-refractivity contribution is 5.90. The van der Waals surface area contributed by atoms with Gasteiger partial charge in [0.1, 0.15) is 18.0 Å². The van der Waals surface area contributed by atoms with Crippen molar-refractivity contribution < 1.29 is 27.9 Å². The summed E-state index contributed by atoms with van der Waals surface area (Å²) in [5, 5.41) is 3.10. The van der Waals surface area contributed by atoms with Gasteiger partial charge < -0.3 is 18.3 Å². The van der Waals surface area contributed by atoms with Crippen LogP contribution in [0.4, 0.5) is 10.5 Å². The van der Waals surface area contributed by atoms with E-state index in [9.17, 15) is 14.4 Å². The number of hydrogen-bond donors (Lipinski definition) is 1. The van der Waals surface area contributed by atoms with Crippen molar-refractivity contribution in [2.75, 3.05) is 11.9 Å². The van der Waals surface area contributed by atoms with Crippen LogP contribution in [0.1, 0.15) is 28.8 Å². The summed E-state index contributed by atoms with van der Waals surface area (Å²) in [5.41, 5.74) is 0.525. The molecule has 2 aromatic heterocycles. The number of fused-ring (bicyclic) bond motifs is 1. The molecule has 140 valence electrons. The highest BCUT2D eigenvalue weighted by atomic mass is 16.5. The molecule has 1 aromatic carbocycles. The lowest BCUT2D eigenvalue weighted by atomic mass is 10.1. The first kappa shape index (κ1) is 18.2. The van der Waals surface area contributed by atoms with Gasteiger partial charge >= 0.3 is 17.7 Å². The van der Waals surface area contributed by atoms with E-state index in [1.165, 1.54) is 18.2 Å². The van der Waals surface area contributed by atoms with Gasteiger partial charge in [-0.2, -0.15) is 0 Å². The minimum Gasteiger partial charge on any atom is -0.455 e. The standard InChI is InChI=1S/C19H17NO7/c1-3-24-19(23)20-13-5-6-14-12(8-17(21)27-16(14)9-13)10-25-18(22)15-7-4-11(2)26-15/h4-9H,3,10H2,1-2H3,(H,20,23). The van der Waals surface area contributed by atoms with Crippen molar-refractivity contribution in [2.24, 2.45) is 0 Å². The molecule has 2 heterocycles. The molecule has 0 unspecified atom stereocenters. The van der Waals surface area contributed by atoms with E-state index < -0.39 is 17.7 Å². The molecule has 3 aromatic rings. The lowest BCUT2D eigenvalue weighted by molar-refractivity contribution is 0.0435. The number of rotatable bonds is 5. The Kier molecular flexibility index (Phi) is 5.25. The number of aryl methyl sites for hydroxylation is 1. The Hall–Kier alpha value is -3.55. The second-order valence-electron chi connectivity index (χ2n) is 5.63. The zero-order valence-corrected chi connectivity index (χ0v) is 14.7. The number of furan rings is 1. The third-order valence-electron chi connectivity index (χ3n) is 3.65. The van der Waals surface area contributed by atoms with E-state index in [1.54, 1.807) is 32.0 Å². The maximum atomic E-state index is 12.0. The summed E-state index contributed by atoms with van der Waals surface area (Å²) in [6.07, 6.45) is -0.613. The van der Waals surface area contributed by atoms with Gasteiger partial charge in [0.25, 0.3) is 0 Å². The van der Waals surface area contributed by atoms with Crippen molar-refractivity contribution >= 4 is 28.7 Å². The van der Waals surface area contributed by atoms with E-state index in [2.05, 4.69) is 5.32 Å². The Morgan fingerprint density at radius 3 is 2.59 bits per heavy atom. The van der Waals surface area contributed by atoms with Gasteiger partial charge in [-0.15, -0.1) is 0 Å². The Balaban J connectivity index is 1.82. The Bertz CT molecular complexity index is 1050. The van der Waals surface area contributed by atoms with Crippen LogP contribution >= 0.6 is 0 Å². The maximum Gasteiger partial charge on any atom is 0.411 e. The molecule has 8 nitrogen and oxygen atoms in total. The Morgan fingerprint density at radius 1 is 1.07 bits per heavy atom. The van der Waals surface area contributed by atoms with Crippen LogP contribution in [0.15, 0.2) is 50.0 Å². The number of benzene rings is 1. The van der Waals surface area contributed by atoms with Crippen molar-refractivity contribution in [3.8, 4) is 0 Å². The summed E-state index contributed by atoms with van der Waals surface area (Å²) in [4.78, 5) is 35.3. The predicted octanol–water partition coefficient (Wildman–Crippen LogP) is 3.62. The van der Waals surface area contributed by atoms with E-state index in [4.69, 9.17) is 18.3 Å². The number of nitrogens with one attached hydrogen (secondary N) is 1. The number of hydrogen-bond acceptors (Lipinski definition) is 7. The fraction of sp³-hybridized carbons (Fsp3) is 0.211. The molecule has 0 aliphatic rings. The number of carbonyl (C=O) groups excluding carboxylic acids is 2. The molecule has 0 aliphatic heterocycles. The zero-order valence-electron chi connectivity index (χ0n) is 14.7. The van der Waals surface area contributed by atoms with Crippen molar-refractivity contribution in [2.45, 2.75) is 20.5 Å². The maximum absolute atomic E-state index is 12.0. The molecule has 27 heavy (non-hydrogen) atoms. The molecule has 0 aliphatic carbocycles. The Labute approximate surface area is 153 Å². The van der Waals surface area contributed by atoms with Gasteiger partial charge in [-0.05, 0) is 38.1 Å². The first-order valence-electron chi connectivity index (χ1n) is 8.20. The van der Waals surface area contributed by atoms with E-state index in [0.29, 0.717) is 22.4 Å². The van der Waals surface area contributed by atoms with Crippen molar-refractivity contribution in [3.63, 3.8) is 0 Å². The second kappa shape index (κ2) is 7.77. The lowest BCUT2D eigenvalue weighted by Gasteiger charge is -2.09. The monoisotopic (exact) mass is 371 g/mol. The topological polar surface area (TPSA) is 108 Å². The average molecular weight is 371 g/mol. The van der Waals surface area contributed by atoms with E-state index in [-0.39, 0.29) is 24.6 Å². The lowest BCUT2D eigenvalue weighted by Crippen LogP contribution is -2.13. The molecule has 0 spiro atoms. The van der Waals surface area contributed by atoms with Gasteiger partial charge in [-0.1, -0.05) is 0 Å². The van der Waals surface area contributed by atoms with E-state index >= 15 is 0 Å². The summed E-state index contributed by atoms with van der Waals surface area (Å²) in [5.74, 6) is 0.0418. The van der Waals surface area contributed by atoms with Gasteiger partial charge in [0, 0.05) is 28.8 Å². The Morgan fingerprint density at radius 2 is 1.89 bits per heavy atom. The molecule has 0 saturated heterocycles. The molecule has 1 N–H and O–H groups in total. The molecule has 0 saturated carbocycles. The van der Waals surface area contributed by atoms with E-state index in [1.807, 2.05) is 0 Å². The van der Waals surface area contributed by atoms with Crippen LogP contribution in [0.2, 0.25) is 0 Å². The number of amides is 1. The number of anilines is 1. The number of carbonyl (C=O) groups is 2. The minimum atomic E-state index is -0.634. The smallest absolute Gasteiger partial charge is 0.411 e. The van der Waals surface area contributed by atoms with Crippen LogP contribution in [0.25, 0.3) is 11.0 Å². The predicted molar refractivity (Wildman–Crippen MR) is 95.7 cm³/mol. The summed E-state index contributed by atoms with van der Waals surface area (Å²) >= 11 is 0. The minimum absolute atomic E-state index is 0.0840. The molecule has 0 fully saturated rings. The average Bonchev–Trinajstić information content (AvgIpc) is 3.05. The largest absolute Gasteiger partial charge is 0.455 e. The first-order valence-corrected chi connectivity index (χ1v) is 8.20. The van der Waals surface area contributed by atoms with Gasteiger partial charge in [0.15, 0.2) is 0 Å². The summed E-state index contributed by atoms with van der Waals surface area (Å²) in [7, 11) is 0. The molecule has 0 radical (unpaired) electrons. The molecule has 0 bridgehead atoms. The fourth-order valence-electron chi connectivity index (χ4n) is 2.47. The zero-order chi connectivity index (χ0) is 19.4. The second-order valence-corrected chi connectivity index (χ2v) is 5.63. The number of esters is 1. The van der Waals surface area contributed by atoms with Crippen molar-refractivity contribution in [1.29, 1.82) is 0 Å². The van der Waals surface area contributed by atoms with E-state index in [0.717, 1.165) is 0 Å². The first-order chi connectivity index (χ1) is 13.0. The van der Waals surface area contributed by atoms with Crippen LogP contribution in [-0.4, -0.2) is 18.7 Å². The quantitative estimate of drug-likeness (QED) is 0.539. The van der Waals surface area contributed by atoms with Crippen LogP contribution in [-0.2, 0) is 16.1 Å². The SMILES string of the molecule is CCOC(=O)Nc1ccc2c(COC(=O)c3ccc(C)o3)cc(=O)oc2c1. The van der Waals surface area contributed by atoms with Gasteiger partial charge in [0.2, 0.25) is 5.76 Å². The van der Waals surface area contributed by atoms with Gasteiger partial charge in [-0.25, -0.2) is 14.4 Å². The van der Waals surface area contributed by atoms with Crippen LogP contribution in [0.3, 0.4) is 0 Å². The third-order valence-corrected chi connectivity index (χ3v) is 3.65. The summed E-state index contributed by atoms with van der Waals surface area (Å²) in [6, 6.07) is 9.19. The molecule has 8 heteroatoms. The molecule has 0 atom stereocenters. The molecular formula is C19H17NO7. The van der Waals surface area contributed by atoms with Crippen LogP contribution in [0, 0.1) is 6.92 Å². The summed E-state index contributed by atoms with van der Waals surface area (Å²) < 4.78 is 20.4. The molecule has 3 rings (SSSR count). The van der Waals surface area contributed by atoms with Gasteiger partial charge in [-0.3, -0.25) is 5.32 Å². The van der Waals surface area contributed by atoms with Crippen LogP contribution in [0.5, 0.6) is 0 Å². The molecular weight excluding hydrogens is 354 g/mol. The molecule has 1 amide bonds. The highest BCUT2D eigenvalue weighted by Crippen LogP contribution is 2.22. The highest BCUT2D eigenvalue weighted by Gasteiger charge is 2.14. The summed E-state index contributed by atoms with van der Waals surface area (Å²) in [6.45, 7) is 3.51. The normalized spacial score (nSPS) is 10.6. The fourth-order valence-corrected chi connectivity index (χ4v) is 2.47.